The number of nitro benzene ring substituents is 1. The minimum absolute atomic E-state index is 0.119. The van der Waals surface area contributed by atoms with E-state index in [-0.39, 0.29) is 28.8 Å². The molecule has 3 heterocycles. The Kier molecular flexibility index (Phi) is 4.76. The fourth-order valence-corrected chi connectivity index (χ4v) is 5.68. The number of para-hydroxylation sites is 1. The molecule has 0 unspecified atom stereocenters. The van der Waals surface area contributed by atoms with Crippen LogP contribution in [0.2, 0.25) is 0 Å². The zero-order valence-electron chi connectivity index (χ0n) is 19.4. The average Bonchev–Trinajstić information content (AvgIpc) is 3.26. The lowest BCUT2D eigenvalue weighted by atomic mass is 9.85. The van der Waals surface area contributed by atoms with E-state index in [1.165, 1.54) is 29.2 Å². The van der Waals surface area contributed by atoms with Crippen molar-refractivity contribution in [3.8, 4) is 0 Å². The third-order valence-electron chi connectivity index (χ3n) is 7.06. The third-order valence-corrected chi connectivity index (χ3v) is 7.06. The van der Waals surface area contributed by atoms with Crippen molar-refractivity contribution < 1.29 is 19.3 Å². The van der Waals surface area contributed by atoms with Crippen LogP contribution in [0.1, 0.15) is 43.6 Å². The number of allylic oxidation sites excluding steroid dienone is 1. The first-order valence-corrected chi connectivity index (χ1v) is 11.2. The molecule has 3 aliphatic rings. The van der Waals surface area contributed by atoms with Crippen molar-refractivity contribution >= 4 is 34.5 Å². The van der Waals surface area contributed by atoms with E-state index in [4.69, 9.17) is 0 Å². The van der Waals surface area contributed by atoms with Crippen molar-refractivity contribution in [3.63, 3.8) is 0 Å². The molecular weight excluding hydrogens is 434 g/mol. The number of imide groups is 1. The first kappa shape index (κ1) is 22.0. The van der Waals surface area contributed by atoms with E-state index in [1.807, 2.05) is 62.9 Å². The number of nitrogens with zero attached hydrogens (tertiary/aromatic N) is 3. The minimum Gasteiger partial charge on any atom is -0.352 e. The highest BCUT2D eigenvalue weighted by Gasteiger charge is 2.65. The summed E-state index contributed by atoms with van der Waals surface area (Å²) in [6, 6.07) is 11.7. The van der Waals surface area contributed by atoms with Crippen LogP contribution in [0.3, 0.4) is 0 Å². The maximum atomic E-state index is 13.9. The first-order chi connectivity index (χ1) is 16.0. The van der Waals surface area contributed by atoms with Crippen LogP contribution >= 0.6 is 0 Å². The summed E-state index contributed by atoms with van der Waals surface area (Å²) >= 11 is 0. The molecule has 174 valence electrons. The van der Waals surface area contributed by atoms with Gasteiger partial charge in [-0.2, -0.15) is 0 Å². The van der Waals surface area contributed by atoms with Crippen LogP contribution in [-0.2, 0) is 9.59 Å². The molecule has 34 heavy (non-hydrogen) atoms. The molecule has 0 saturated carbocycles. The average molecular weight is 460 g/mol. The molecule has 0 bridgehead atoms. The van der Waals surface area contributed by atoms with Crippen molar-refractivity contribution in [1.29, 1.82) is 0 Å². The van der Waals surface area contributed by atoms with Crippen LogP contribution in [0.4, 0.5) is 11.4 Å². The number of hydrogen-bond donors (Lipinski definition) is 0. The molecule has 8 nitrogen and oxygen atoms in total. The van der Waals surface area contributed by atoms with Gasteiger partial charge in [-0.1, -0.05) is 24.3 Å². The van der Waals surface area contributed by atoms with Crippen LogP contribution in [0.15, 0.2) is 54.6 Å². The van der Waals surface area contributed by atoms with Gasteiger partial charge in [0.2, 0.25) is 11.8 Å². The molecule has 4 atom stereocenters. The van der Waals surface area contributed by atoms with E-state index < -0.39 is 34.4 Å². The van der Waals surface area contributed by atoms with Crippen molar-refractivity contribution in [2.45, 2.75) is 45.3 Å². The molecule has 0 N–H and O–H groups in total. The molecule has 0 radical (unpaired) electrons. The molecule has 8 heteroatoms. The largest absolute Gasteiger partial charge is 0.352 e. The van der Waals surface area contributed by atoms with Crippen molar-refractivity contribution in [2.24, 2.45) is 11.8 Å². The van der Waals surface area contributed by atoms with E-state index in [2.05, 4.69) is 0 Å². The lowest BCUT2D eigenvalue weighted by molar-refractivity contribution is -0.384. The van der Waals surface area contributed by atoms with Crippen molar-refractivity contribution in [2.75, 3.05) is 4.90 Å². The van der Waals surface area contributed by atoms with E-state index in [9.17, 15) is 24.5 Å². The summed E-state index contributed by atoms with van der Waals surface area (Å²) in [5.74, 6) is -2.45. The number of Topliss-reactive ketones (excluding diaryl/α,β-unsaturated/α-hetero) is 1. The number of carbonyl (C=O) groups excluding carboxylic acids is 3. The number of likely N-dealkylation sites (tertiary alicyclic amines) is 1. The van der Waals surface area contributed by atoms with E-state index >= 15 is 0 Å². The third kappa shape index (κ3) is 3.01. The monoisotopic (exact) mass is 459 g/mol. The molecule has 5 rings (SSSR count). The second-order valence-electron chi connectivity index (χ2n) is 10.1. The van der Waals surface area contributed by atoms with Crippen LogP contribution in [0.5, 0.6) is 0 Å². The molecule has 0 aliphatic carbocycles. The fourth-order valence-electron chi connectivity index (χ4n) is 5.68. The topological polar surface area (TPSA) is 101 Å². The SMILES string of the molecule is CC1=C[C@H]2[C@H]3C(=O)N(C(C)(C)C)C(=O)[C@@H]3[C@H](C(=O)c3ccc([N+](=O)[O-])cc3)N2c2ccccc21. The molecule has 2 fully saturated rings. The Morgan fingerprint density at radius 2 is 1.59 bits per heavy atom. The normalized spacial score (nSPS) is 25.6. The van der Waals surface area contributed by atoms with Gasteiger partial charge in [0, 0.05) is 34.5 Å². The summed E-state index contributed by atoms with van der Waals surface area (Å²) in [6.45, 7) is 7.41. The first-order valence-electron chi connectivity index (χ1n) is 11.2. The number of anilines is 1. The van der Waals surface area contributed by atoms with Crippen molar-refractivity contribution in [1.82, 2.24) is 4.90 Å². The van der Waals surface area contributed by atoms with Gasteiger partial charge in [-0.15, -0.1) is 0 Å². The summed E-state index contributed by atoms with van der Waals surface area (Å²) in [5.41, 5.74) is 2.20. The Morgan fingerprint density at radius 1 is 0.971 bits per heavy atom. The highest BCUT2D eigenvalue weighted by molar-refractivity contribution is 6.14. The van der Waals surface area contributed by atoms with Gasteiger partial charge in [0.15, 0.2) is 5.78 Å². The Hall–Kier alpha value is -3.81. The second-order valence-corrected chi connectivity index (χ2v) is 10.1. The van der Waals surface area contributed by atoms with Crippen LogP contribution < -0.4 is 4.90 Å². The van der Waals surface area contributed by atoms with E-state index in [1.54, 1.807) is 0 Å². The lowest BCUT2D eigenvalue weighted by Gasteiger charge is -2.39. The summed E-state index contributed by atoms with van der Waals surface area (Å²) < 4.78 is 0. The zero-order chi connectivity index (χ0) is 24.5. The highest BCUT2D eigenvalue weighted by atomic mass is 16.6. The predicted octanol–water partition coefficient (Wildman–Crippen LogP) is 3.85. The number of nitro groups is 1. The van der Waals surface area contributed by atoms with Crippen LogP contribution in [0, 0.1) is 22.0 Å². The molecule has 2 aromatic carbocycles. The quantitative estimate of drug-likeness (QED) is 0.299. The molecular formula is C26H25N3O5. The van der Waals surface area contributed by atoms with E-state index in [0.29, 0.717) is 0 Å². The summed E-state index contributed by atoms with van der Waals surface area (Å²) in [7, 11) is 0. The smallest absolute Gasteiger partial charge is 0.269 e. The fraction of sp³-hybridized carbons (Fsp3) is 0.346. The van der Waals surface area contributed by atoms with Gasteiger partial charge in [-0.05, 0) is 51.5 Å². The van der Waals surface area contributed by atoms with E-state index in [0.717, 1.165) is 16.8 Å². The second kappa shape index (κ2) is 7.35. The lowest BCUT2D eigenvalue weighted by Crippen LogP contribution is -2.52. The van der Waals surface area contributed by atoms with Crippen LogP contribution in [0.25, 0.3) is 5.57 Å². The minimum atomic E-state index is -0.897. The Bertz CT molecular complexity index is 1270. The maximum Gasteiger partial charge on any atom is 0.269 e. The molecule has 0 spiro atoms. The van der Waals surface area contributed by atoms with Gasteiger partial charge in [-0.25, -0.2) is 0 Å². The molecule has 2 aromatic rings. The van der Waals surface area contributed by atoms with Gasteiger partial charge in [0.1, 0.15) is 6.04 Å². The standard InChI is InChI=1S/C26H25N3O5/c1-14-13-19-20-21(25(32)28(24(20)31)26(2,3)4)22(27(19)18-8-6-5-7-17(14)18)23(30)15-9-11-16(12-10-15)29(33)34/h5-13,19-22H,1-4H3/t19-,20+,21-,22+/m0/s1. The number of benzene rings is 2. The highest BCUT2D eigenvalue weighted by Crippen LogP contribution is 2.51. The molecule has 0 aromatic heterocycles. The molecule has 2 saturated heterocycles. The van der Waals surface area contributed by atoms with Crippen LogP contribution in [-0.4, -0.2) is 45.0 Å². The molecule has 2 amide bonds. The Balaban J connectivity index is 1.67. The Morgan fingerprint density at radius 3 is 2.21 bits per heavy atom. The number of amides is 2. The number of carbonyl (C=O) groups is 3. The number of hydrogen-bond acceptors (Lipinski definition) is 6. The summed E-state index contributed by atoms with van der Waals surface area (Å²) in [6.07, 6.45) is 1.99. The van der Waals surface area contributed by atoms with Gasteiger partial charge in [-0.3, -0.25) is 29.4 Å². The maximum absolute atomic E-state index is 13.9. The number of non-ortho nitro benzene ring substituents is 1. The predicted molar refractivity (Wildman–Crippen MR) is 126 cm³/mol. The Labute approximate surface area is 197 Å². The zero-order valence-corrected chi connectivity index (χ0v) is 19.4. The van der Waals surface area contributed by atoms with Gasteiger partial charge in [0.05, 0.1) is 22.8 Å². The van der Waals surface area contributed by atoms with Gasteiger partial charge in [0.25, 0.3) is 5.69 Å². The summed E-state index contributed by atoms with van der Waals surface area (Å²) in [5, 5.41) is 11.1. The summed E-state index contributed by atoms with van der Waals surface area (Å²) in [4.78, 5) is 55.0. The van der Waals surface area contributed by atoms with Gasteiger partial charge >= 0.3 is 0 Å². The number of rotatable bonds is 3. The number of fused-ring (bicyclic) bond motifs is 5. The van der Waals surface area contributed by atoms with Gasteiger partial charge < -0.3 is 4.90 Å². The van der Waals surface area contributed by atoms with Crippen molar-refractivity contribution in [3.05, 3.63) is 75.8 Å². The number of ketones is 1. The molecule has 3 aliphatic heterocycles.